The monoisotopic (exact) mass is 373 g/mol. The number of fused-ring (bicyclic) bond motifs is 1. The summed E-state index contributed by atoms with van der Waals surface area (Å²) < 4.78 is 3.19. The molecule has 110 valence electrons. The molecule has 3 heterocycles. The van der Waals surface area contributed by atoms with Gasteiger partial charge in [0.25, 0.3) is 0 Å². The molecule has 1 aromatic carbocycles. The molecule has 1 aliphatic heterocycles. The third-order valence-corrected chi connectivity index (χ3v) is 4.98. The van der Waals surface area contributed by atoms with Crippen LogP contribution in [0.3, 0.4) is 0 Å². The average Bonchev–Trinajstić information content (AvgIpc) is 2.99. The first-order valence-corrected chi connectivity index (χ1v) is 8.57. The quantitative estimate of drug-likeness (QED) is 0.686. The first-order chi connectivity index (χ1) is 10.8. The Bertz CT molecular complexity index is 787. The maximum Gasteiger partial charge on any atom is 0.194 e. The zero-order valence-electron chi connectivity index (χ0n) is 11.6. The predicted molar refractivity (Wildman–Crippen MR) is 90.6 cm³/mol. The number of hydrogen-bond donors (Lipinski definition) is 0. The lowest BCUT2D eigenvalue weighted by Gasteiger charge is -2.28. The summed E-state index contributed by atoms with van der Waals surface area (Å²) in [5.41, 5.74) is 1.06. The van der Waals surface area contributed by atoms with Gasteiger partial charge in [0.15, 0.2) is 11.0 Å². The minimum absolute atomic E-state index is 0.706. The van der Waals surface area contributed by atoms with Crippen LogP contribution < -0.4 is 4.90 Å². The summed E-state index contributed by atoms with van der Waals surface area (Å²) in [5, 5.41) is 9.61. The zero-order valence-corrected chi connectivity index (χ0v) is 14.0. The lowest BCUT2D eigenvalue weighted by Crippen LogP contribution is -2.31. The Labute approximate surface area is 140 Å². The van der Waals surface area contributed by atoms with Gasteiger partial charge in [0.1, 0.15) is 12.5 Å². The van der Waals surface area contributed by atoms with E-state index in [9.17, 15) is 0 Å². The Morgan fingerprint density at radius 3 is 2.68 bits per heavy atom. The molecular formula is C15H12BrN5S. The van der Waals surface area contributed by atoms with Crippen LogP contribution in [0.1, 0.15) is 0 Å². The minimum atomic E-state index is 0.706. The van der Waals surface area contributed by atoms with E-state index in [0.717, 1.165) is 32.7 Å². The molecule has 0 spiro atoms. The summed E-state index contributed by atoms with van der Waals surface area (Å²) in [6, 6.07) is 14.1. The van der Waals surface area contributed by atoms with Crippen molar-refractivity contribution >= 4 is 33.5 Å². The number of halogens is 1. The molecule has 0 saturated heterocycles. The lowest BCUT2D eigenvalue weighted by atomic mass is 10.2. The normalized spacial score (nSPS) is 14.0. The van der Waals surface area contributed by atoms with Crippen LogP contribution in [0.4, 0.5) is 5.82 Å². The molecule has 2 aromatic heterocycles. The van der Waals surface area contributed by atoms with Crippen LogP contribution >= 0.6 is 27.7 Å². The second-order valence-corrected chi connectivity index (χ2v) is 6.71. The van der Waals surface area contributed by atoms with E-state index in [2.05, 4.69) is 40.6 Å². The highest BCUT2D eigenvalue weighted by Crippen LogP contribution is 2.31. The average molecular weight is 374 g/mol. The maximum atomic E-state index is 4.43. The van der Waals surface area contributed by atoms with E-state index in [0.29, 0.717) is 6.67 Å². The molecule has 5 nitrogen and oxygen atoms in total. The topological polar surface area (TPSA) is 46.8 Å². The van der Waals surface area contributed by atoms with Crippen LogP contribution in [0.25, 0.3) is 11.4 Å². The highest BCUT2D eigenvalue weighted by Gasteiger charge is 2.23. The van der Waals surface area contributed by atoms with Crippen LogP contribution in [0.15, 0.2) is 58.3 Å². The Kier molecular flexibility index (Phi) is 3.59. The summed E-state index contributed by atoms with van der Waals surface area (Å²) in [5.74, 6) is 2.68. The van der Waals surface area contributed by atoms with Gasteiger partial charge in [-0.2, -0.15) is 0 Å². The van der Waals surface area contributed by atoms with E-state index in [1.54, 1.807) is 11.8 Å². The predicted octanol–water partition coefficient (Wildman–Crippen LogP) is 3.63. The van der Waals surface area contributed by atoms with Crippen molar-refractivity contribution in [3.63, 3.8) is 0 Å². The van der Waals surface area contributed by atoms with Crippen LogP contribution in [-0.2, 0) is 6.67 Å². The molecule has 0 fully saturated rings. The SMILES string of the molecule is Brc1ccc(-c2nnc3n2CN(c2ccccn2)CS3)cc1. The minimum Gasteiger partial charge on any atom is -0.329 e. The summed E-state index contributed by atoms with van der Waals surface area (Å²) in [4.78, 5) is 6.64. The second kappa shape index (κ2) is 5.73. The molecule has 0 atom stereocenters. The first kappa shape index (κ1) is 13.8. The van der Waals surface area contributed by atoms with Crippen molar-refractivity contribution in [2.75, 3.05) is 10.8 Å². The molecule has 1 aliphatic rings. The van der Waals surface area contributed by atoms with Gasteiger partial charge >= 0.3 is 0 Å². The van der Waals surface area contributed by atoms with Crippen molar-refractivity contribution in [1.29, 1.82) is 0 Å². The molecule has 0 unspecified atom stereocenters. The van der Waals surface area contributed by atoms with E-state index in [-0.39, 0.29) is 0 Å². The van der Waals surface area contributed by atoms with Crippen LogP contribution in [-0.4, -0.2) is 25.6 Å². The molecule has 0 saturated carbocycles. The fraction of sp³-hybridized carbons (Fsp3) is 0.133. The number of anilines is 1. The largest absolute Gasteiger partial charge is 0.329 e. The summed E-state index contributed by atoms with van der Waals surface area (Å²) >= 11 is 5.14. The van der Waals surface area contributed by atoms with E-state index in [4.69, 9.17) is 0 Å². The first-order valence-electron chi connectivity index (χ1n) is 6.79. The molecule has 0 N–H and O–H groups in total. The summed E-state index contributed by atoms with van der Waals surface area (Å²) in [7, 11) is 0. The molecule has 0 amide bonds. The van der Waals surface area contributed by atoms with Gasteiger partial charge in [-0.25, -0.2) is 4.98 Å². The van der Waals surface area contributed by atoms with Crippen molar-refractivity contribution in [3.8, 4) is 11.4 Å². The van der Waals surface area contributed by atoms with Crippen molar-refractivity contribution < 1.29 is 0 Å². The van der Waals surface area contributed by atoms with Crippen molar-refractivity contribution in [1.82, 2.24) is 19.7 Å². The number of hydrogen-bond acceptors (Lipinski definition) is 5. The number of benzene rings is 1. The highest BCUT2D eigenvalue weighted by atomic mass is 79.9. The van der Waals surface area contributed by atoms with Gasteiger partial charge in [-0.1, -0.05) is 45.9 Å². The fourth-order valence-corrected chi connectivity index (χ4v) is 3.51. The van der Waals surface area contributed by atoms with Gasteiger partial charge in [-0.15, -0.1) is 10.2 Å². The van der Waals surface area contributed by atoms with Gasteiger partial charge in [0.05, 0.1) is 5.88 Å². The van der Waals surface area contributed by atoms with Crippen molar-refractivity contribution in [2.45, 2.75) is 11.8 Å². The van der Waals surface area contributed by atoms with Crippen LogP contribution in [0.2, 0.25) is 0 Å². The van der Waals surface area contributed by atoms with Crippen molar-refractivity contribution in [2.24, 2.45) is 0 Å². The fourth-order valence-electron chi connectivity index (χ4n) is 2.36. The van der Waals surface area contributed by atoms with Gasteiger partial charge in [-0.3, -0.25) is 4.57 Å². The van der Waals surface area contributed by atoms with Gasteiger partial charge in [-0.05, 0) is 24.3 Å². The molecule has 0 bridgehead atoms. The number of thioether (sulfide) groups is 1. The number of nitrogens with zero attached hydrogens (tertiary/aromatic N) is 5. The summed E-state index contributed by atoms with van der Waals surface area (Å²) in [6.45, 7) is 0.706. The third-order valence-electron chi connectivity index (χ3n) is 3.45. The Balaban J connectivity index is 1.69. The molecule has 3 aromatic rings. The maximum absolute atomic E-state index is 4.43. The molecule has 22 heavy (non-hydrogen) atoms. The lowest BCUT2D eigenvalue weighted by molar-refractivity contribution is 0.603. The Morgan fingerprint density at radius 1 is 1.05 bits per heavy atom. The zero-order chi connectivity index (χ0) is 14.9. The standard InChI is InChI=1S/C15H12BrN5S/c16-12-6-4-11(5-7-12)14-18-19-15-21(14)9-20(10-22-15)13-3-1-2-8-17-13/h1-8H,9-10H2. The second-order valence-electron chi connectivity index (χ2n) is 4.88. The third kappa shape index (κ3) is 2.50. The van der Waals surface area contributed by atoms with Gasteiger partial charge in [0, 0.05) is 16.2 Å². The number of aromatic nitrogens is 4. The van der Waals surface area contributed by atoms with Crippen LogP contribution in [0, 0.1) is 0 Å². The highest BCUT2D eigenvalue weighted by molar-refractivity contribution is 9.10. The van der Waals surface area contributed by atoms with E-state index >= 15 is 0 Å². The van der Waals surface area contributed by atoms with Gasteiger partial charge < -0.3 is 4.90 Å². The van der Waals surface area contributed by atoms with E-state index in [1.165, 1.54) is 0 Å². The summed E-state index contributed by atoms with van der Waals surface area (Å²) in [6.07, 6.45) is 1.82. The molecule has 4 rings (SSSR count). The molecule has 0 radical (unpaired) electrons. The number of rotatable bonds is 2. The number of pyridine rings is 1. The molecule has 0 aliphatic carbocycles. The molecule has 7 heteroatoms. The molecular weight excluding hydrogens is 362 g/mol. The van der Waals surface area contributed by atoms with Crippen molar-refractivity contribution in [3.05, 3.63) is 53.1 Å². The smallest absolute Gasteiger partial charge is 0.194 e. The van der Waals surface area contributed by atoms with E-state index < -0.39 is 0 Å². The Hall–Kier alpha value is -1.86. The van der Waals surface area contributed by atoms with Crippen LogP contribution in [0.5, 0.6) is 0 Å². The Morgan fingerprint density at radius 2 is 1.91 bits per heavy atom. The van der Waals surface area contributed by atoms with Gasteiger partial charge in [0.2, 0.25) is 0 Å². The van der Waals surface area contributed by atoms with E-state index in [1.807, 2.05) is 48.7 Å².